The van der Waals surface area contributed by atoms with Crippen LogP contribution < -0.4 is 16.1 Å². The Hall–Kier alpha value is -3.45. The lowest BCUT2D eigenvalue weighted by molar-refractivity contribution is -0.113. The maximum absolute atomic E-state index is 13.3. The summed E-state index contributed by atoms with van der Waals surface area (Å²) < 4.78 is 25.9. The Morgan fingerprint density at radius 2 is 2.05 bits per heavy atom. The Labute approximate surface area is 225 Å². The lowest BCUT2D eigenvalue weighted by atomic mass is 10.0. The van der Waals surface area contributed by atoms with Crippen molar-refractivity contribution in [3.05, 3.63) is 80.9 Å². The summed E-state index contributed by atoms with van der Waals surface area (Å²) in [5.41, 5.74) is 4.82. The summed E-state index contributed by atoms with van der Waals surface area (Å²) in [6.45, 7) is 2.03. The molecule has 0 radical (unpaired) electrons. The molecule has 4 rings (SSSR count). The number of carbonyl (C=O) groups is 2. The van der Waals surface area contributed by atoms with Gasteiger partial charge in [-0.1, -0.05) is 23.2 Å². The van der Waals surface area contributed by atoms with Gasteiger partial charge < -0.3 is 20.2 Å². The highest BCUT2D eigenvalue weighted by molar-refractivity contribution is 7.74. The zero-order valence-corrected chi connectivity index (χ0v) is 21.9. The van der Waals surface area contributed by atoms with Gasteiger partial charge in [-0.2, -0.15) is 9.31 Å². The quantitative estimate of drug-likeness (QED) is 0.392. The van der Waals surface area contributed by atoms with Gasteiger partial charge in [-0.3, -0.25) is 24.0 Å². The van der Waals surface area contributed by atoms with Gasteiger partial charge in [0.15, 0.2) is 0 Å². The number of rotatable bonds is 6. The number of amides is 2. The predicted octanol–water partition coefficient (Wildman–Crippen LogP) is 2.93. The Morgan fingerprint density at radius 3 is 2.76 bits per heavy atom. The highest BCUT2D eigenvalue weighted by Crippen LogP contribution is 2.31. The SMILES string of the molecule is CNC(=O)c1cc(Cl)cc(C)c1NC(=O)C1=CC=C(OS(=O)O)N(C2=NNCC2c2ncccc2Cl)C1. The normalized spacial score (nSPS) is 17.7. The smallest absolute Gasteiger partial charge is 0.359 e. The van der Waals surface area contributed by atoms with Crippen LogP contribution in [-0.4, -0.2) is 56.4 Å². The average molecular weight is 565 g/mol. The fourth-order valence-electron chi connectivity index (χ4n) is 3.98. The van der Waals surface area contributed by atoms with E-state index >= 15 is 0 Å². The highest BCUT2D eigenvalue weighted by Gasteiger charge is 2.36. The minimum atomic E-state index is -2.63. The standard InChI is InChI=1S/C23H22Cl2N6O5S/c1-12-8-14(24)9-15(23(33)26-2)19(12)29-22(32)13-5-6-18(36-37(34)35)31(11-13)21-16(10-28-30-21)20-17(25)4-3-7-27-20/h3-9,16,28H,10-11H2,1-2H3,(H,26,33)(H,29,32)(H,34,35). The van der Waals surface area contributed by atoms with E-state index in [-0.39, 0.29) is 23.6 Å². The molecule has 0 bridgehead atoms. The summed E-state index contributed by atoms with van der Waals surface area (Å²) in [4.78, 5) is 31.6. The van der Waals surface area contributed by atoms with Crippen molar-refractivity contribution in [1.82, 2.24) is 20.6 Å². The molecule has 0 fully saturated rings. The van der Waals surface area contributed by atoms with Crippen LogP contribution in [0.1, 0.15) is 27.5 Å². The summed E-state index contributed by atoms with van der Waals surface area (Å²) in [6, 6.07) is 6.50. The van der Waals surface area contributed by atoms with E-state index in [2.05, 4.69) is 26.1 Å². The fourth-order valence-corrected chi connectivity index (χ4v) is 4.79. The Kier molecular flexibility index (Phi) is 8.13. The van der Waals surface area contributed by atoms with Gasteiger partial charge >= 0.3 is 11.4 Å². The van der Waals surface area contributed by atoms with Crippen LogP contribution in [0.5, 0.6) is 0 Å². The van der Waals surface area contributed by atoms with Gasteiger partial charge in [0, 0.05) is 36.5 Å². The van der Waals surface area contributed by atoms with E-state index in [1.54, 1.807) is 31.3 Å². The monoisotopic (exact) mass is 564 g/mol. The van der Waals surface area contributed by atoms with E-state index in [1.807, 2.05) is 0 Å². The summed E-state index contributed by atoms with van der Waals surface area (Å²) in [7, 11) is 1.48. The molecule has 1 aromatic carbocycles. The Bertz CT molecular complexity index is 1380. The van der Waals surface area contributed by atoms with Gasteiger partial charge in [0.2, 0.25) is 5.88 Å². The van der Waals surface area contributed by atoms with Crippen molar-refractivity contribution in [2.24, 2.45) is 5.10 Å². The van der Waals surface area contributed by atoms with Gasteiger partial charge in [-0.05, 0) is 42.8 Å². The largest absolute Gasteiger partial charge is 0.361 e. The molecule has 11 nitrogen and oxygen atoms in total. The first-order valence-electron chi connectivity index (χ1n) is 10.9. The molecule has 37 heavy (non-hydrogen) atoms. The molecule has 2 aromatic rings. The van der Waals surface area contributed by atoms with Crippen molar-refractivity contribution in [3.63, 3.8) is 0 Å². The van der Waals surface area contributed by atoms with Gasteiger partial charge in [0.1, 0.15) is 5.84 Å². The molecular weight excluding hydrogens is 543 g/mol. The first kappa shape index (κ1) is 26.6. The number of pyridine rings is 1. The zero-order valence-electron chi connectivity index (χ0n) is 19.6. The van der Waals surface area contributed by atoms with Gasteiger partial charge in [-0.25, -0.2) is 0 Å². The Morgan fingerprint density at radius 1 is 1.27 bits per heavy atom. The highest BCUT2D eigenvalue weighted by atomic mass is 35.5. The fraction of sp³-hybridized carbons (Fsp3) is 0.217. The molecule has 2 aliphatic heterocycles. The molecule has 2 unspecified atom stereocenters. The molecule has 0 aliphatic carbocycles. The first-order chi connectivity index (χ1) is 17.7. The van der Waals surface area contributed by atoms with Crippen LogP contribution >= 0.6 is 23.2 Å². The van der Waals surface area contributed by atoms with Crippen LogP contribution in [0.3, 0.4) is 0 Å². The third-order valence-corrected chi connectivity index (χ3v) is 6.53. The average Bonchev–Trinajstić information content (AvgIpc) is 3.34. The second-order valence-electron chi connectivity index (χ2n) is 8.02. The van der Waals surface area contributed by atoms with Crippen LogP contribution in [0, 0.1) is 6.92 Å². The van der Waals surface area contributed by atoms with Crippen molar-refractivity contribution >= 4 is 57.9 Å². The maximum Gasteiger partial charge on any atom is 0.359 e. The molecule has 194 valence electrons. The lowest BCUT2D eigenvalue weighted by Gasteiger charge is -2.30. The van der Waals surface area contributed by atoms with Crippen LogP contribution in [0.2, 0.25) is 10.0 Å². The number of aromatic nitrogens is 1. The third kappa shape index (κ3) is 5.77. The minimum Gasteiger partial charge on any atom is -0.361 e. The van der Waals surface area contributed by atoms with E-state index in [0.29, 0.717) is 39.4 Å². The Balaban J connectivity index is 1.65. The number of anilines is 1. The number of nitrogens with one attached hydrogen (secondary N) is 3. The van der Waals surface area contributed by atoms with E-state index in [9.17, 15) is 18.4 Å². The topological polar surface area (TPSA) is 145 Å². The molecule has 3 heterocycles. The summed E-state index contributed by atoms with van der Waals surface area (Å²) >= 11 is 9.86. The van der Waals surface area contributed by atoms with Crippen molar-refractivity contribution in [2.45, 2.75) is 12.8 Å². The van der Waals surface area contributed by atoms with Crippen molar-refractivity contribution in [3.8, 4) is 0 Å². The minimum absolute atomic E-state index is 0.00519. The van der Waals surface area contributed by atoms with Crippen molar-refractivity contribution in [1.29, 1.82) is 0 Å². The molecule has 2 aliphatic rings. The second-order valence-corrected chi connectivity index (χ2v) is 9.46. The first-order valence-corrected chi connectivity index (χ1v) is 12.7. The number of aryl methyl sites for hydroxylation is 1. The van der Waals surface area contributed by atoms with E-state index in [0.717, 1.165) is 0 Å². The molecule has 4 N–H and O–H groups in total. The number of amidine groups is 1. The van der Waals surface area contributed by atoms with Crippen molar-refractivity contribution in [2.75, 3.05) is 25.5 Å². The second kappa shape index (κ2) is 11.3. The summed E-state index contributed by atoms with van der Waals surface area (Å²) in [5, 5.41) is 10.4. The molecule has 2 atom stereocenters. The molecule has 1 aromatic heterocycles. The zero-order chi connectivity index (χ0) is 26.7. The van der Waals surface area contributed by atoms with Crippen LogP contribution in [0.4, 0.5) is 5.69 Å². The molecule has 14 heteroatoms. The molecule has 0 spiro atoms. The van der Waals surface area contributed by atoms with Crippen LogP contribution in [-0.2, 0) is 20.3 Å². The molecule has 0 saturated heterocycles. The van der Waals surface area contributed by atoms with Crippen molar-refractivity contribution < 1.29 is 22.5 Å². The van der Waals surface area contributed by atoms with E-state index in [1.165, 1.54) is 30.2 Å². The summed E-state index contributed by atoms with van der Waals surface area (Å²) in [6.07, 6.45) is 4.45. The molecule has 2 amide bonds. The van der Waals surface area contributed by atoms with Gasteiger partial charge in [-0.15, -0.1) is 0 Å². The predicted molar refractivity (Wildman–Crippen MR) is 140 cm³/mol. The number of nitrogens with zero attached hydrogens (tertiary/aromatic N) is 3. The number of carbonyl (C=O) groups excluding carboxylic acids is 2. The number of allylic oxidation sites excluding steroid dienone is 2. The number of hydrogen-bond acceptors (Lipinski definition) is 8. The van der Waals surface area contributed by atoms with Crippen LogP contribution in [0.25, 0.3) is 0 Å². The molecular formula is C23H22Cl2N6O5S. The van der Waals surface area contributed by atoms with Gasteiger partial charge in [0.25, 0.3) is 11.8 Å². The van der Waals surface area contributed by atoms with Crippen LogP contribution in [0.15, 0.2) is 59.2 Å². The summed E-state index contributed by atoms with van der Waals surface area (Å²) in [5.74, 6) is -0.939. The van der Waals surface area contributed by atoms with E-state index in [4.69, 9.17) is 27.4 Å². The lowest BCUT2D eigenvalue weighted by Crippen LogP contribution is -2.40. The number of hydrogen-bond donors (Lipinski definition) is 4. The number of halogens is 2. The molecule has 0 saturated carbocycles. The van der Waals surface area contributed by atoms with E-state index < -0.39 is 29.1 Å². The maximum atomic E-state index is 13.3. The number of benzene rings is 1. The third-order valence-electron chi connectivity index (χ3n) is 5.67. The van der Waals surface area contributed by atoms with Gasteiger partial charge in [0.05, 0.1) is 34.4 Å². The number of hydrazone groups is 1.